The Bertz CT molecular complexity index is 901. The lowest BCUT2D eigenvalue weighted by molar-refractivity contribution is 0.0985. The van der Waals surface area contributed by atoms with Gasteiger partial charge in [-0.3, -0.25) is 9.69 Å². The van der Waals surface area contributed by atoms with Crippen molar-refractivity contribution in [3.05, 3.63) is 71.1 Å². The molecule has 0 N–H and O–H groups in total. The van der Waals surface area contributed by atoms with E-state index >= 15 is 0 Å². The fourth-order valence-electron chi connectivity index (χ4n) is 3.26. The molecule has 0 aliphatic rings. The maximum atomic E-state index is 13.3. The van der Waals surface area contributed by atoms with Gasteiger partial charge in [-0.25, -0.2) is 4.98 Å². The summed E-state index contributed by atoms with van der Waals surface area (Å²) < 4.78 is 0. The number of benzene rings is 2. The van der Waals surface area contributed by atoms with Gasteiger partial charge in [0.15, 0.2) is 5.13 Å². The maximum absolute atomic E-state index is 13.3. The number of carbonyl (C=O) groups is 1. The molecule has 1 aromatic heterocycles. The number of aromatic nitrogens is 1. The summed E-state index contributed by atoms with van der Waals surface area (Å²) in [6.45, 7) is 10.1. The normalized spacial score (nSPS) is 11.0. The molecule has 1 heterocycles. The lowest BCUT2D eigenvalue weighted by Gasteiger charge is -2.23. The van der Waals surface area contributed by atoms with E-state index in [0.29, 0.717) is 12.1 Å². The highest BCUT2D eigenvalue weighted by atomic mass is 32.1. The van der Waals surface area contributed by atoms with Crippen molar-refractivity contribution < 1.29 is 4.79 Å². The van der Waals surface area contributed by atoms with Gasteiger partial charge in [0.2, 0.25) is 0 Å². The van der Waals surface area contributed by atoms with Crippen molar-refractivity contribution in [2.24, 2.45) is 0 Å². The number of anilines is 1. The van der Waals surface area contributed by atoms with Crippen LogP contribution < -0.4 is 4.90 Å². The molecule has 0 aliphatic heterocycles. The number of hydrogen-bond acceptors (Lipinski definition) is 4. The van der Waals surface area contributed by atoms with E-state index in [1.54, 1.807) is 0 Å². The van der Waals surface area contributed by atoms with Gasteiger partial charge in [0.25, 0.3) is 5.91 Å². The molecule has 29 heavy (non-hydrogen) atoms. The lowest BCUT2D eigenvalue weighted by atomic mass is 10.1. The molecule has 1 amide bonds. The molecular weight excluding hydrogens is 378 g/mol. The van der Waals surface area contributed by atoms with Crippen molar-refractivity contribution in [3.63, 3.8) is 0 Å². The third-order valence-corrected chi connectivity index (χ3v) is 5.95. The average molecular weight is 408 g/mol. The van der Waals surface area contributed by atoms with Crippen LogP contribution in [0.1, 0.15) is 36.2 Å². The van der Waals surface area contributed by atoms with E-state index in [-0.39, 0.29) is 5.91 Å². The van der Waals surface area contributed by atoms with Gasteiger partial charge in [0, 0.05) is 23.1 Å². The van der Waals surface area contributed by atoms with Crippen LogP contribution in [0, 0.1) is 6.92 Å². The smallest absolute Gasteiger partial charge is 0.260 e. The Morgan fingerprint density at radius 2 is 1.66 bits per heavy atom. The number of carbonyl (C=O) groups excluding carboxylic acids is 1. The Kier molecular flexibility index (Phi) is 7.55. The molecule has 0 spiro atoms. The Hall–Kier alpha value is -2.50. The highest BCUT2D eigenvalue weighted by Crippen LogP contribution is 2.28. The van der Waals surface area contributed by atoms with Crippen molar-refractivity contribution in [1.82, 2.24) is 9.88 Å². The van der Waals surface area contributed by atoms with Crippen LogP contribution >= 0.6 is 11.3 Å². The first-order chi connectivity index (χ1) is 14.1. The van der Waals surface area contributed by atoms with E-state index in [0.717, 1.165) is 48.0 Å². The largest absolute Gasteiger partial charge is 0.304 e. The quantitative estimate of drug-likeness (QED) is 0.470. The fraction of sp³-hybridized carbons (Fsp3) is 0.333. The van der Waals surface area contributed by atoms with E-state index in [4.69, 9.17) is 4.98 Å². The Morgan fingerprint density at radius 3 is 2.31 bits per heavy atom. The van der Waals surface area contributed by atoms with Gasteiger partial charge in [-0.1, -0.05) is 61.9 Å². The fourth-order valence-corrected chi connectivity index (χ4v) is 4.12. The molecular formula is C24H29N3OS. The predicted octanol–water partition coefficient (Wildman–Crippen LogP) is 5.50. The number of nitrogens with zero attached hydrogens (tertiary/aromatic N) is 3. The molecule has 0 saturated carbocycles. The minimum Gasteiger partial charge on any atom is -0.304 e. The topological polar surface area (TPSA) is 36.4 Å². The third kappa shape index (κ3) is 5.52. The van der Waals surface area contributed by atoms with E-state index in [1.165, 1.54) is 11.3 Å². The van der Waals surface area contributed by atoms with Gasteiger partial charge in [-0.15, -0.1) is 11.3 Å². The van der Waals surface area contributed by atoms with Crippen LogP contribution in [0.25, 0.3) is 11.3 Å². The summed E-state index contributed by atoms with van der Waals surface area (Å²) in [5.74, 6) is 0.0125. The number of amides is 1. The van der Waals surface area contributed by atoms with Crippen molar-refractivity contribution in [2.45, 2.75) is 27.2 Å². The highest BCUT2D eigenvalue weighted by molar-refractivity contribution is 7.14. The molecule has 0 aliphatic carbocycles. The summed E-state index contributed by atoms with van der Waals surface area (Å²) in [6.07, 6.45) is 0.916. The molecule has 0 atom stereocenters. The molecule has 0 unspecified atom stereocenters. The predicted molar refractivity (Wildman–Crippen MR) is 123 cm³/mol. The van der Waals surface area contributed by atoms with Gasteiger partial charge in [-0.05, 0) is 45.1 Å². The second kappa shape index (κ2) is 10.3. The van der Waals surface area contributed by atoms with Crippen LogP contribution in [0.2, 0.25) is 0 Å². The first-order valence-corrected chi connectivity index (χ1v) is 11.1. The molecule has 4 nitrogen and oxygen atoms in total. The lowest BCUT2D eigenvalue weighted by Crippen LogP contribution is -2.34. The number of hydrogen-bond donors (Lipinski definition) is 0. The summed E-state index contributed by atoms with van der Waals surface area (Å²) in [5.41, 5.74) is 3.84. The molecule has 0 saturated heterocycles. The standard InChI is InChI=1S/C24H29N3OS/c1-4-26(5-2)16-9-17-27(23(28)21-14-12-19(3)13-15-21)24-25-22(18-29-24)20-10-7-6-8-11-20/h6-8,10-15,18H,4-5,9,16-17H2,1-3H3. The molecule has 152 valence electrons. The molecule has 2 aromatic carbocycles. The summed E-state index contributed by atoms with van der Waals surface area (Å²) in [7, 11) is 0. The third-order valence-electron chi connectivity index (χ3n) is 5.09. The van der Waals surface area contributed by atoms with Crippen molar-refractivity contribution >= 4 is 22.4 Å². The van der Waals surface area contributed by atoms with Crippen LogP contribution in [0.15, 0.2) is 60.0 Å². The molecule has 0 bridgehead atoms. The molecule has 3 aromatic rings. The van der Waals surface area contributed by atoms with Gasteiger partial charge in [-0.2, -0.15) is 0 Å². The second-order valence-corrected chi connectivity index (χ2v) is 7.92. The summed E-state index contributed by atoms with van der Waals surface area (Å²) >= 11 is 1.53. The number of rotatable bonds is 9. The molecule has 0 radical (unpaired) electrons. The molecule has 5 heteroatoms. The monoisotopic (exact) mass is 407 g/mol. The van der Waals surface area contributed by atoms with Gasteiger partial charge < -0.3 is 4.90 Å². The zero-order chi connectivity index (χ0) is 20.6. The first kappa shape index (κ1) is 21.2. The van der Waals surface area contributed by atoms with Gasteiger partial charge in [0.05, 0.1) is 5.69 Å². The summed E-state index contributed by atoms with van der Waals surface area (Å²) in [6, 6.07) is 17.9. The van der Waals surface area contributed by atoms with Gasteiger partial charge in [0.1, 0.15) is 0 Å². The first-order valence-electron chi connectivity index (χ1n) is 10.2. The summed E-state index contributed by atoms with van der Waals surface area (Å²) in [5, 5.41) is 2.79. The SMILES string of the molecule is CCN(CC)CCCN(C(=O)c1ccc(C)cc1)c1nc(-c2ccccc2)cs1. The minimum absolute atomic E-state index is 0.0125. The van der Waals surface area contributed by atoms with E-state index in [2.05, 4.69) is 18.7 Å². The van der Waals surface area contributed by atoms with Crippen LogP contribution in [-0.2, 0) is 0 Å². The number of aryl methyl sites for hydroxylation is 1. The van der Waals surface area contributed by atoms with Crippen molar-refractivity contribution in [3.8, 4) is 11.3 Å². The van der Waals surface area contributed by atoms with E-state index < -0.39 is 0 Å². The Morgan fingerprint density at radius 1 is 0.966 bits per heavy atom. The van der Waals surface area contributed by atoms with Crippen LogP contribution in [0.4, 0.5) is 5.13 Å². The zero-order valence-corrected chi connectivity index (χ0v) is 18.3. The van der Waals surface area contributed by atoms with Crippen molar-refractivity contribution in [2.75, 3.05) is 31.1 Å². The second-order valence-electron chi connectivity index (χ2n) is 7.08. The zero-order valence-electron chi connectivity index (χ0n) is 17.5. The van der Waals surface area contributed by atoms with Crippen LogP contribution in [0.5, 0.6) is 0 Å². The van der Waals surface area contributed by atoms with Crippen LogP contribution in [-0.4, -0.2) is 42.0 Å². The Labute approximate surface area is 177 Å². The molecule has 0 fully saturated rings. The van der Waals surface area contributed by atoms with Crippen LogP contribution in [0.3, 0.4) is 0 Å². The van der Waals surface area contributed by atoms with Gasteiger partial charge >= 0.3 is 0 Å². The van der Waals surface area contributed by atoms with E-state index in [9.17, 15) is 4.79 Å². The summed E-state index contributed by atoms with van der Waals surface area (Å²) in [4.78, 5) is 22.3. The van der Waals surface area contributed by atoms with E-state index in [1.807, 2.05) is 71.8 Å². The number of thiazole rings is 1. The van der Waals surface area contributed by atoms with Crippen molar-refractivity contribution in [1.29, 1.82) is 0 Å². The highest BCUT2D eigenvalue weighted by Gasteiger charge is 2.21. The minimum atomic E-state index is 0.0125. The maximum Gasteiger partial charge on any atom is 0.260 e. The molecule has 3 rings (SSSR count). The average Bonchev–Trinajstić information content (AvgIpc) is 3.24. The Balaban J connectivity index is 1.83.